The predicted octanol–water partition coefficient (Wildman–Crippen LogP) is 1.19. The third kappa shape index (κ3) is 3.59. The number of piperazine rings is 1. The highest BCUT2D eigenvalue weighted by molar-refractivity contribution is 6.07. The lowest BCUT2D eigenvalue weighted by molar-refractivity contribution is -0.384. The SMILES string of the molecule is O=C(CN1C(=O)[C@@H]2CC=CC[C@H]2C1=O)N1CCN(c2ccc([N+](=O)[O-])cc2)CC1. The number of anilines is 1. The van der Waals surface area contributed by atoms with Crippen LogP contribution in [-0.4, -0.2) is 65.2 Å². The monoisotopic (exact) mass is 398 g/mol. The summed E-state index contributed by atoms with van der Waals surface area (Å²) in [4.78, 5) is 52.9. The van der Waals surface area contributed by atoms with Crippen LogP contribution in [0, 0.1) is 22.0 Å². The first-order chi connectivity index (χ1) is 14.0. The number of nitrogens with zero attached hydrogens (tertiary/aromatic N) is 4. The van der Waals surface area contributed by atoms with E-state index in [0.717, 1.165) is 10.6 Å². The molecule has 2 heterocycles. The first-order valence-electron chi connectivity index (χ1n) is 9.73. The Morgan fingerprint density at radius 2 is 1.52 bits per heavy atom. The van der Waals surface area contributed by atoms with Gasteiger partial charge in [-0.05, 0) is 25.0 Å². The Morgan fingerprint density at radius 3 is 2.03 bits per heavy atom. The number of hydrogen-bond donors (Lipinski definition) is 0. The zero-order chi connectivity index (χ0) is 20.5. The highest BCUT2D eigenvalue weighted by Gasteiger charge is 2.48. The fourth-order valence-electron chi connectivity index (χ4n) is 4.26. The second-order valence-corrected chi connectivity index (χ2v) is 7.56. The summed E-state index contributed by atoms with van der Waals surface area (Å²) in [5.74, 6) is -1.33. The van der Waals surface area contributed by atoms with Gasteiger partial charge in [0.15, 0.2) is 0 Å². The van der Waals surface area contributed by atoms with Gasteiger partial charge >= 0.3 is 0 Å². The molecule has 3 amide bonds. The molecule has 1 aliphatic carbocycles. The van der Waals surface area contributed by atoms with Crippen LogP contribution < -0.4 is 4.90 Å². The van der Waals surface area contributed by atoms with Crippen molar-refractivity contribution in [2.75, 3.05) is 37.6 Å². The van der Waals surface area contributed by atoms with Gasteiger partial charge in [0.2, 0.25) is 17.7 Å². The van der Waals surface area contributed by atoms with E-state index < -0.39 is 4.92 Å². The zero-order valence-electron chi connectivity index (χ0n) is 15.9. The summed E-state index contributed by atoms with van der Waals surface area (Å²) in [6, 6.07) is 6.33. The van der Waals surface area contributed by atoms with Gasteiger partial charge < -0.3 is 9.80 Å². The van der Waals surface area contributed by atoms with Gasteiger partial charge in [0.25, 0.3) is 5.69 Å². The number of nitro benzene ring substituents is 1. The van der Waals surface area contributed by atoms with E-state index in [0.29, 0.717) is 39.0 Å². The number of rotatable bonds is 4. The lowest BCUT2D eigenvalue weighted by Gasteiger charge is -2.36. The number of carbonyl (C=O) groups excluding carboxylic acids is 3. The molecule has 9 nitrogen and oxygen atoms in total. The first kappa shape index (κ1) is 19.1. The summed E-state index contributed by atoms with van der Waals surface area (Å²) in [7, 11) is 0. The van der Waals surface area contributed by atoms with E-state index in [-0.39, 0.29) is 41.8 Å². The number of nitro groups is 1. The Morgan fingerprint density at radius 1 is 0.966 bits per heavy atom. The van der Waals surface area contributed by atoms with Crippen molar-refractivity contribution in [1.29, 1.82) is 0 Å². The minimum Gasteiger partial charge on any atom is -0.368 e. The number of allylic oxidation sites excluding steroid dienone is 2. The van der Waals surface area contributed by atoms with Gasteiger partial charge in [-0.25, -0.2) is 0 Å². The lowest BCUT2D eigenvalue weighted by atomic mass is 9.85. The van der Waals surface area contributed by atoms with Crippen molar-refractivity contribution < 1.29 is 19.3 Å². The van der Waals surface area contributed by atoms with E-state index in [9.17, 15) is 24.5 Å². The second-order valence-electron chi connectivity index (χ2n) is 7.56. The normalized spacial score (nSPS) is 24.1. The minimum atomic E-state index is -0.437. The van der Waals surface area contributed by atoms with Crippen LogP contribution in [0.3, 0.4) is 0 Å². The maximum atomic E-state index is 12.7. The van der Waals surface area contributed by atoms with Crippen LogP contribution in [0.1, 0.15) is 12.8 Å². The number of amides is 3. The summed E-state index contributed by atoms with van der Waals surface area (Å²) in [5, 5.41) is 10.8. The topological polar surface area (TPSA) is 104 Å². The zero-order valence-corrected chi connectivity index (χ0v) is 15.9. The summed E-state index contributed by atoms with van der Waals surface area (Å²) >= 11 is 0. The average molecular weight is 398 g/mol. The number of imide groups is 1. The predicted molar refractivity (Wildman–Crippen MR) is 104 cm³/mol. The van der Waals surface area contributed by atoms with E-state index in [2.05, 4.69) is 4.90 Å². The Hall–Kier alpha value is -3.23. The van der Waals surface area contributed by atoms with Gasteiger partial charge in [-0.15, -0.1) is 0 Å². The third-order valence-corrected chi connectivity index (χ3v) is 5.95. The van der Waals surface area contributed by atoms with Crippen LogP contribution >= 0.6 is 0 Å². The third-order valence-electron chi connectivity index (χ3n) is 5.95. The first-order valence-corrected chi connectivity index (χ1v) is 9.73. The van der Waals surface area contributed by atoms with Crippen molar-refractivity contribution in [1.82, 2.24) is 9.80 Å². The standard InChI is InChI=1S/C20H22N4O5/c25-18(13-23-19(26)16-3-1-2-4-17(16)20(23)27)22-11-9-21(10-12-22)14-5-7-15(8-6-14)24(28)29/h1-2,5-8,16-17H,3-4,9-13H2/t16-,17-/m1/s1. The minimum absolute atomic E-state index is 0.0401. The molecule has 4 rings (SSSR count). The number of benzene rings is 1. The Kier molecular flexibility index (Phi) is 5.04. The van der Waals surface area contributed by atoms with Gasteiger partial charge in [-0.2, -0.15) is 0 Å². The lowest BCUT2D eigenvalue weighted by Crippen LogP contribution is -2.52. The van der Waals surface area contributed by atoms with Crippen LogP contribution in [0.5, 0.6) is 0 Å². The fraction of sp³-hybridized carbons (Fsp3) is 0.450. The molecule has 1 aromatic rings. The molecule has 152 valence electrons. The highest BCUT2D eigenvalue weighted by Crippen LogP contribution is 2.35. The molecule has 2 saturated heterocycles. The molecule has 0 unspecified atom stereocenters. The summed E-state index contributed by atoms with van der Waals surface area (Å²) in [6.45, 7) is 1.92. The number of carbonyl (C=O) groups is 3. The highest BCUT2D eigenvalue weighted by atomic mass is 16.6. The van der Waals surface area contributed by atoms with E-state index in [1.54, 1.807) is 17.0 Å². The summed E-state index contributed by atoms with van der Waals surface area (Å²) < 4.78 is 0. The molecule has 29 heavy (non-hydrogen) atoms. The smallest absolute Gasteiger partial charge is 0.269 e. The van der Waals surface area contributed by atoms with Crippen molar-refractivity contribution in [3.05, 3.63) is 46.5 Å². The molecule has 2 fully saturated rings. The number of hydrogen-bond acceptors (Lipinski definition) is 6. The molecular formula is C20H22N4O5. The maximum absolute atomic E-state index is 12.7. The second kappa shape index (κ2) is 7.65. The molecule has 0 aromatic heterocycles. The molecule has 0 spiro atoms. The molecular weight excluding hydrogens is 376 g/mol. The van der Waals surface area contributed by atoms with Crippen molar-refractivity contribution in [3.8, 4) is 0 Å². The van der Waals surface area contributed by atoms with Gasteiger partial charge in [-0.3, -0.25) is 29.4 Å². The molecule has 2 atom stereocenters. The largest absolute Gasteiger partial charge is 0.368 e. The van der Waals surface area contributed by atoms with Crippen LogP contribution in [0.15, 0.2) is 36.4 Å². The Bertz CT molecular complexity index is 847. The molecule has 3 aliphatic rings. The van der Waals surface area contributed by atoms with Crippen LogP contribution in [0.2, 0.25) is 0 Å². The quantitative estimate of drug-likeness (QED) is 0.327. The summed E-state index contributed by atoms with van der Waals surface area (Å²) in [6.07, 6.45) is 4.98. The van der Waals surface area contributed by atoms with Crippen molar-refractivity contribution in [2.24, 2.45) is 11.8 Å². The van der Waals surface area contributed by atoms with Crippen molar-refractivity contribution in [2.45, 2.75) is 12.8 Å². The van der Waals surface area contributed by atoms with Crippen LogP contribution in [0.4, 0.5) is 11.4 Å². The molecule has 0 N–H and O–H groups in total. The van der Waals surface area contributed by atoms with Crippen molar-refractivity contribution in [3.63, 3.8) is 0 Å². The summed E-state index contributed by atoms with van der Waals surface area (Å²) in [5.41, 5.74) is 0.905. The van der Waals surface area contributed by atoms with Gasteiger partial charge in [0, 0.05) is 44.0 Å². The van der Waals surface area contributed by atoms with Crippen LogP contribution in [0.25, 0.3) is 0 Å². The molecule has 0 radical (unpaired) electrons. The van der Waals surface area contributed by atoms with Crippen molar-refractivity contribution >= 4 is 29.1 Å². The molecule has 9 heteroatoms. The van der Waals surface area contributed by atoms with Crippen LogP contribution in [-0.2, 0) is 14.4 Å². The molecule has 0 saturated carbocycles. The van der Waals surface area contributed by atoms with E-state index in [1.807, 2.05) is 12.2 Å². The number of likely N-dealkylation sites (tertiary alicyclic amines) is 1. The molecule has 2 aliphatic heterocycles. The molecule has 1 aromatic carbocycles. The number of non-ortho nitro benzene ring substituents is 1. The molecule has 0 bridgehead atoms. The number of fused-ring (bicyclic) bond motifs is 1. The fourth-order valence-corrected chi connectivity index (χ4v) is 4.26. The Balaban J connectivity index is 1.33. The van der Waals surface area contributed by atoms with E-state index in [1.165, 1.54) is 12.1 Å². The van der Waals surface area contributed by atoms with E-state index >= 15 is 0 Å². The Labute approximate surface area is 167 Å². The van der Waals surface area contributed by atoms with Gasteiger partial charge in [0.1, 0.15) is 6.54 Å². The van der Waals surface area contributed by atoms with Gasteiger partial charge in [-0.1, -0.05) is 12.2 Å². The average Bonchev–Trinajstić information content (AvgIpc) is 2.99. The van der Waals surface area contributed by atoms with E-state index in [4.69, 9.17) is 0 Å². The maximum Gasteiger partial charge on any atom is 0.269 e. The van der Waals surface area contributed by atoms with Gasteiger partial charge in [0.05, 0.1) is 16.8 Å².